The second kappa shape index (κ2) is 8.19. The zero-order valence-corrected chi connectivity index (χ0v) is 18.0. The Morgan fingerprint density at radius 2 is 1.82 bits per heavy atom. The van der Waals surface area contributed by atoms with Crippen molar-refractivity contribution < 1.29 is 8.42 Å². The molecule has 28 heavy (non-hydrogen) atoms. The van der Waals surface area contributed by atoms with E-state index in [4.69, 9.17) is 4.98 Å². The number of pyridine rings is 1. The van der Waals surface area contributed by atoms with Crippen LogP contribution in [0, 0.1) is 6.92 Å². The molecule has 7 heteroatoms. The van der Waals surface area contributed by atoms with E-state index in [0.717, 1.165) is 56.7 Å². The molecule has 3 fully saturated rings. The molecule has 1 aromatic heterocycles. The van der Waals surface area contributed by atoms with Gasteiger partial charge in [-0.3, -0.25) is 9.62 Å². The number of likely N-dealkylation sites (tertiary alicyclic amines) is 1. The van der Waals surface area contributed by atoms with Gasteiger partial charge in [-0.05, 0) is 64.6 Å². The molecule has 4 rings (SSSR count). The molecule has 156 valence electrons. The van der Waals surface area contributed by atoms with Crippen molar-refractivity contribution in [1.82, 2.24) is 9.88 Å². The predicted molar refractivity (Wildman–Crippen MR) is 114 cm³/mol. The fourth-order valence-electron chi connectivity index (χ4n) is 5.16. The zero-order chi connectivity index (χ0) is 19.7. The van der Waals surface area contributed by atoms with Gasteiger partial charge in [-0.1, -0.05) is 19.3 Å². The summed E-state index contributed by atoms with van der Waals surface area (Å²) in [7, 11) is -3.33. The summed E-state index contributed by atoms with van der Waals surface area (Å²) in [4.78, 5) is 9.75. The molecular formula is C21H34N4O2S. The van der Waals surface area contributed by atoms with Crippen molar-refractivity contribution in [2.45, 2.75) is 82.5 Å². The molecule has 1 aromatic rings. The van der Waals surface area contributed by atoms with Crippen molar-refractivity contribution >= 4 is 21.5 Å². The second-order valence-electron chi connectivity index (χ2n) is 8.83. The van der Waals surface area contributed by atoms with Crippen LogP contribution in [-0.4, -0.2) is 55.3 Å². The van der Waals surface area contributed by atoms with Gasteiger partial charge in [0.05, 0.1) is 16.6 Å². The molecule has 1 aliphatic carbocycles. The van der Waals surface area contributed by atoms with Gasteiger partial charge in [-0.25, -0.2) is 13.4 Å². The number of rotatable bonds is 5. The highest BCUT2D eigenvalue weighted by Crippen LogP contribution is 2.30. The molecule has 2 unspecified atom stereocenters. The number of hydrogen-bond donors (Lipinski definition) is 1. The van der Waals surface area contributed by atoms with Crippen LogP contribution in [0.15, 0.2) is 12.1 Å². The predicted octanol–water partition coefficient (Wildman–Crippen LogP) is 3.53. The van der Waals surface area contributed by atoms with E-state index in [2.05, 4.69) is 21.4 Å². The summed E-state index contributed by atoms with van der Waals surface area (Å²) >= 11 is 0. The van der Waals surface area contributed by atoms with Crippen molar-refractivity contribution in [1.29, 1.82) is 0 Å². The van der Waals surface area contributed by atoms with Crippen LogP contribution in [0.1, 0.15) is 64.0 Å². The standard InChI is InChI=1S/C21H34N4O2S/c1-16-7-6-13-25(16)18-12-14-24(15-18)21-11-10-20(17(2)22-21)23-28(26,27)19-8-4-3-5-9-19/h10-11,16,18-19,23H,3-9,12-15H2,1-2H3. The van der Waals surface area contributed by atoms with E-state index in [1.807, 2.05) is 19.1 Å². The molecule has 2 atom stereocenters. The number of anilines is 2. The highest BCUT2D eigenvalue weighted by atomic mass is 32.2. The van der Waals surface area contributed by atoms with Crippen LogP contribution in [0.25, 0.3) is 0 Å². The maximum atomic E-state index is 12.7. The van der Waals surface area contributed by atoms with Crippen LogP contribution in [0.3, 0.4) is 0 Å². The van der Waals surface area contributed by atoms with Crippen LogP contribution in [0.5, 0.6) is 0 Å². The highest BCUT2D eigenvalue weighted by Gasteiger charge is 2.33. The summed E-state index contributed by atoms with van der Waals surface area (Å²) < 4.78 is 28.2. The molecule has 3 heterocycles. The summed E-state index contributed by atoms with van der Waals surface area (Å²) in [6.07, 6.45) is 8.50. The molecule has 0 amide bonds. The van der Waals surface area contributed by atoms with Gasteiger partial charge in [0.15, 0.2) is 0 Å². The van der Waals surface area contributed by atoms with E-state index in [0.29, 0.717) is 17.8 Å². The minimum absolute atomic E-state index is 0.262. The average Bonchev–Trinajstić information content (AvgIpc) is 3.33. The molecular weight excluding hydrogens is 372 g/mol. The molecule has 2 aliphatic heterocycles. The Kier molecular flexibility index (Phi) is 5.83. The number of aromatic nitrogens is 1. The molecule has 2 saturated heterocycles. The van der Waals surface area contributed by atoms with E-state index in [9.17, 15) is 8.42 Å². The molecule has 6 nitrogen and oxygen atoms in total. The van der Waals surface area contributed by atoms with E-state index in [-0.39, 0.29) is 5.25 Å². The lowest BCUT2D eigenvalue weighted by molar-refractivity contribution is 0.204. The zero-order valence-electron chi connectivity index (χ0n) is 17.2. The fourth-order valence-corrected chi connectivity index (χ4v) is 6.81. The lowest BCUT2D eigenvalue weighted by Crippen LogP contribution is -2.39. The Balaban J connectivity index is 1.42. The monoisotopic (exact) mass is 406 g/mol. The Bertz CT molecular complexity index is 792. The van der Waals surface area contributed by atoms with Crippen molar-refractivity contribution in [2.24, 2.45) is 0 Å². The van der Waals surface area contributed by atoms with Gasteiger partial charge in [-0.2, -0.15) is 0 Å². The van der Waals surface area contributed by atoms with Crippen LogP contribution in [0.2, 0.25) is 0 Å². The summed E-state index contributed by atoms with van der Waals surface area (Å²) in [6.45, 7) is 7.50. The van der Waals surface area contributed by atoms with Crippen molar-refractivity contribution in [3.05, 3.63) is 17.8 Å². The van der Waals surface area contributed by atoms with Crippen LogP contribution in [-0.2, 0) is 10.0 Å². The van der Waals surface area contributed by atoms with E-state index >= 15 is 0 Å². The second-order valence-corrected chi connectivity index (χ2v) is 10.8. The summed E-state index contributed by atoms with van der Waals surface area (Å²) in [6, 6.07) is 5.17. The Labute approximate surface area is 169 Å². The van der Waals surface area contributed by atoms with Gasteiger partial charge in [0, 0.05) is 25.2 Å². The van der Waals surface area contributed by atoms with Crippen molar-refractivity contribution in [3.63, 3.8) is 0 Å². The molecule has 3 aliphatic rings. The largest absolute Gasteiger partial charge is 0.355 e. The van der Waals surface area contributed by atoms with Gasteiger partial charge in [-0.15, -0.1) is 0 Å². The summed E-state index contributed by atoms with van der Waals surface area (Å²) in [5.74, 6) is 0.965. The maximum Gasteiger partial charge on any atom is 0.235 e. The van der Waals surface area contributed by atoms with Gasteiger partial charge in [0.2, 0.25) is 10.0 Å². The highest BCUT2D eigenvalue weighted by molar-refractivity contribution is 7.93. The van der Waals surface area contributed by atoms with Crippen LogP contribution >= 0.6 is 0 Å². The SMILES string of the molecule is Cc1nc(N2CCC(N3CCCC3C)C2)ccc1NS(=O)(=O)C1CCCCC1. The van der Waals surface area contributed by atoms with E-state index in [1.54, 1.807) is 0 Å². The fraction of sp³-hybridized carbons (Fsp3) is 0.762. The molecule has 1 N–H and O–H groups in total. The third-order valence-electron chi connectivity index (χ3n) is 6.88. The van der Waals surface area contributed by atoms with Crippen LogP contribution in [0.4, 0.5) is 11.5 Å². The van der Waals surface area contributed by atoms with Gasteiger partial charge in [0.25, 0.3) is 0 Å². The normalized spacial score (nSPS) is 27.4. The lowest BCUT2D eigenvalue weighted by Gasteiger charge is -2.28. The van der Waals surface area contributed by atoms with Gasteiger partial charge in [0.1, 0.15) is 5.82 Å². The average molecular weight is 407 g/mol. The summed E-state index contributed by atoms with van der Waals surface area (Å²) in [5.41, 5.74) is 1.38. The first-order valence-corrected chi connectivity index (χ1v) is 12.5. The van der Waals surface area contributed by atoms with Gasteiger partial charge >= 0.3 is 0 Å². The third kappa shape index (κ3) is 4.15. The molecule has 0 bridgehead atoms. The third-order valence-corrected chi connectivity index (χ3v) is 8.73. The number of aryl methyl sites for hydroxylation is 1. The first-order valence-electron chi connectivity index (χ1n) is 10.9. The lowest BCUT2D eigenvalue weighted by atomic mass is 10.0. The smallest absolute Gasteiger partial charge is 0.235 e. The number of nitrogens with zero attached hydrogens (tertiary/aromatic N) is 3. The Morgan fingerprint density at radius 3 is 2.50 bits per heavy atom. The van der Waals surface area contributed by atoms with E-state index in [1.165, 1.54) is 25.8 Å². The van der Waals surface area contributed by atoms with Crippen molar-refractivity contribution in [2.75, 3.05) is 29.3 Å². The molecule has 1 saturated carbocycles. The first kappa shape index (κ1) is 20.0. The van der Waals surface area contributed by atoms with Crippen LogP contribution < -0.4 is 9.62 Å². The Morgan fingerprint density at radius 1 is 1.04 bits per heavy atom. The minimum Gasteiger partial charge on any atom is -0.355 e. The minimum atomic E-state index is -3.33. The molecule has 0 radical (unpaired) electrons. The van der Waals surface area contributed by atoms with Crippen molar-refractivity contribution in [3.8, 4) is 0 Å². The number of nitrogens with one attached hydrogen (secondary N) is 1. The van der Waals surface area contributed by atoms with E-state index < -0.39 is 10.0 Å². The quantitative estimate of drug-likeness (QED) is 0.810. The first-order chi connectivity index (χ1) is 13.4. The Hall–Kier alpha value is -1.34. The molecule has 0 spiro atoms. The van der Waals surface area contributed by atoms with Gasteiger partial charge < -0.3 is 4.90 Å². The number of sulfonamides is 1. The molecule has 0 aromatic carbocycles. The summed E-state index contributed by atoms with van der Waals surface area (Å²) in [5, 5.41) is -0.262. The maximum absolute atomic E-state index is 12.7. The number of hydrogen-bond acceptors (Lipinski definition) is 5. The topological polar surface area (TPSA) is 65.5 Å².